The Morgan fingerprint density at radius 1 is 1.33 bits per heavy atom. The van der Waals surface area contributed by atoms with E-state index >= 15 is 0 Å². The van der Waals surface area contributed by atoms with Gasteiger partial charge in [0.2, 0.25) is 0 Å². The molecule has 0 heterocycles. The Labute approximate surface area is 106 Å². The molecule has 4 nitrogen and oxygen atoms in total. The molecule has 2 rings (SSSR count). The van der Waals surface area contributed by atoms with Gasteiger partial charge in [0.05, 0.1) is 5.56 Å². The molecule has 0 radical (unpaired) electrons. The van der Waals surface area contributed by atoms with Crippen LogP contribution in [0.15, 0.2) is 30.3 Å². The normalized spacial score (nSPS) is 15.8. The van der Waals surface area contributed by atoms with E-state index in [1.807, 2.05) is 13.0 Å². The van der Waals surface area contributed by atoms with Crippen molar-refractivity contribution in [3.8, 4) is 0 Å². The lowest BCUT2D eigenvalue weighted by Gasteiger charge is -2.12. The van der Waals surface area contributed by atoms with Gasteiger partial charge in [-0.15, -0.1) is 0 Å². The predicted octanol–water partition coefficient (Wildman–Crippen LogP) is 1.76. The van der Waals surface area contributed by atoms with E-state index in [0.29, 0.717) is 11.5 Å². The number of ether oxygens (including phenoxy) is 1. The van der Waals surface area contributed by atoms with E-state index in [0.717, 1.165) is 0 Å². The number of hydrogen-bond donors (Lipinski definition) is 1. The summed E-state index contributed by atoms with van der Waals surface area (Å²) < 4.78 is 4.94. The first-order chi connectivity index (χ1) is 8.66. The van der Waals surface area contributed by atoms with E-state index in [-0.39, 0.29) is 18.6 Å². The molecule has 1 saturated carbocycles. The zero-order valence-corrected chi connectivity index (χ0v) is 10.4. The molecule has 96 valence electrons. The Kier molecular flexibility index (Phi) is 3.97. The predicted molar refractivity (Wildman–Crippen MR) is 67.1 cm³/mol. The van der Waals surface area contributed by atoms with Crippen LogP contribution in [0.5, 0.6) is 0 Å². The van der Waals surface area contributed by atoms with Crippen molar-refractivity contribution in [2.45, 2.75) is 25.8 Å². The molecule has 0 saturated heterocycles. The minimum absolute atomic E-state index is 0.174. The average Bonchev–Trinajstić information content (AvgIpc) is 3.21. The zero-order chi connectivity index (χ0) is 13.0. The molecule has 1 fully saturated rings. The van der Waals surface area contributed by atoms with Gasteiger partial charge in [-0.3, -0.25) is 4.79 Å². The van der Waals surface area contributed by atoms with Gasteiger partial charge in [-0.2, -0.15) is 0 Å². The monoisotopic (exact) mass is 247 g/mol. The summed E-state index contributed by atoms with van der Waals surface area (Å²) >= 11 is 0. The lowest BCUT2D eigenvalue weighted by atomic mass is 10.2. The van der Waals surface area contributed by atoms with Gasteiger partial charge in [-0.05, 0) is 37.8 Å². The summed E-state index contributed by atoms with van der Waals surface area (Å²) in [4.78, 5) is 23.1. The molecule has 0 bridgehead atoms. The number of benzene rings is 1. The molecule has 0 spiro atoms. The highest BCUT2D eigenvalue weighted by atomic mass is 16.5. The fourth-order valence-electron chi connectivity index (χ4n) is 1.80. The van der Waals surface area contributed by atoms with Gasteiger partial charge in [0.25, 0.3) is 5.91 Å². The van der Waals surface area contributed by atoms with E-state index in [9.17, 15) is 9.59 Å². The summed E-state index contributed by atoms with van der Waals surface area (Å²) in [6.07, 6.45) is 2.34. The summed E-state index contributed by atoms with van der Waals surface area (Å²) in [5.41, 5.74) is 0.459. The van der Waals surface area contributed by atoms with Crippen molar-refractivity contribution in [3.63, 3.8) is 0 Å². The third-order valence-electron chi connectivity index (χ3n) is 3.06. The molecule has 1 atom stereocenters. The van der Waals surface area contributed by atoms with Gasteiger partial charge in [0.1, 0.15) is 0 Å². The van der Waals surface area contributed by atoms with E-state index < -0.39 is 5.97 Å². The Hall–Kier alpha value is -1.84. The SMILES string of the molecule is C[C@@H](NC(=O)COC(=O)c1ccccc1)C1CC1. The third kappa shape index (κ3) is 3.58. The molecular weight excluding hydrogens is 230 g/mol. The molecule has 1 aliphatic carbocycles. The van der Waals surface area contributed by atoms with Crippen LogP contribution >= 0.6 is 0 Å². The largest absolute Gasteiger partial charge is 0.452 e. The van der Waals surface area contributed by atoms with Crippen LogP contribution in [-0.4, -0.2) is 24.5 Å². The molecule has 1 amide bonds. The minimum atomic E-state index is -0.468. The summed E-state index contributed by atoms with van der Waals surface area (Å²) in [5, 5.41) is 2.83. The van der Waals surface area contributed by atoms with Crippen molar-refractivity contribution in [2.24, 2.45) is 5.92 Å². The second kappa shape index (κ2) is 5.67. The average molecular weight is 247 g/mol. The quantitative estimate of drug-likeness (QED) is 0.807. The standard InChI is InChI=1S/C14H17NO3/c1-10(11-7-8-11)15-13(16)9-18-14(17)12-5-3-2-4-6-12/h2-6,10-11H,7-9H2,1H3,(H,15,16)/t10-/m1/s1. The number of nitrogens with one attached hydrogen (secondary N) is 1. The molecule has 4 heteroatoms. The summed E-state index contributed by atoms with van der Waals surface area (Å²) in [6.45, 7) is 1.76. The maximum Gasteiger partial charge on any atom is 0.338 e. The maximum absolute atomic E-state index is 11.6. The highest BCUT2D eigenvalue weighted by Gasteiger charge is 2.28. The Balaban J connectivity index is 1.74. The van der Waals surface area contributed by atoms with Crippen molar-refractivity contribution in [1.29, 1.82) is 0 Å². The first-order valence-electron chi connectivity index (χ1n) is 6.18. The second-order valence-corrected chi connectivity index (χ2v) is 4.64. The molecule has 1 aromatic rings. The van der Waals surface area contributed by atoms with Crippen LogP contribution in [0.3, 0.4) is 0 Å². The zero-order valence-electron chi connectivity index (χ0n) is 10.4. The number of carbonyl (C=O) groups is 2. The van der Waals surface area contributed by atoms with Crippen LogP contribution in [0, 0.1) is 5.92 Å². The van der Waals surface area contributed by atoms with Crippen molar-refractivity contribution in [1.82, 2.24) is 5.32 Å². The van der Waals surface area contributed by atoms with Gasteiger partial charge in [-0.25, -0.2) is 4.79 Å². The number of esters is 1. The lowest BCUT2D eigenvalue weighted by molar-refractivity contribution is -0.124. The summed E-state index contributed by atoms with van der Waals surface area (Å²) in [5.74, 6) is -0.109. The van der Waals surface area contributed by atoms with Crippen LogP contribution in [0.4, 0.5) is 0 Å². The first kappa shape index (κ1) is 12.6. The highest BCUT2D eigenvalue weighted by Crippen LogP contribution is 2.32. The first-order valence-corrected chi connectivity index (χ1v) is 6.18. The minimum Gasteiger partial charge on any atom is -0.452 e. The molecule has 1 aromatic carbocycles. The van der Waals surface area contributed by atoms with Gasteiger partial charge in [-0.1, -0.05) is 18.2 Å². The number of hydrogen-bond acceptors (Lipinski definition) is 3. The molecule has 18 heavy (non-hydrogen) atoms. The Morgan fingerprint density at radius 3 is 2.61 bits per heavy atom. The van der Waals surface area contributed by atoms with Crippen LogP contribution < -0.4 is 5.32 Å². The van der Waals surface area contributed by atoms with Crippen LogP contribution in [0.1, 0.15) is 30.1 Å². The smallest absolute Gasteiger partial charge is 0.338 e. The Morgan fingerprint density at radius 2 is 2.00 bits per heavy atom. The van der Waals surface area contributed by atoms with Gasteiger partial charge >= 0.3 is 5.97 Å². The van der Waals surface area contributed by atoms with Crippen molar-refractivity contribution in [3.05, 3.63) is 35.9 Å². The van der Waals surface area contributed by atoms with Crippen LogP contribution in [0.2, 0.25) is 0 Å². The topological polar surface area (TPSA) is 55.4 Å². The van der Waals surface area contributed by atoms with E-state index in [4.69, 9.17) is 4.74 Å². The van der Waals surface area contributed by atoms with Crippen molar-refractivity contribution >= 4 is 11.9 Å². The van der Waals surface area contributed by atoms with E-state index in [2.05, 4.69) is 5.32 Å². The van der Waals surface area contributed by atoms with Crippen molar-refractivity contribution in [2.75, 3.05) is 6.61 Å². The highest BCUT2D eigenvalue weighted by molar-refractivity contribution is 5.91. The number of rotatable bonds is 5. The molecule has 1 N–H and O–H groups in total. The molecule has 1 aliphatic rings. The fraction of sp³-hybridized carbons (Fsp3) is 0.429. The molecule has 0 aliphatic heterocycles. The van der Waals surface area contributed by atoms with Gasteiger partial charge in [0, 0.05) is 6.04 Å². The van der Waals surface area contributed by atoms with E-state index in [1.54, 1.807) is 24.3 Å². The second-order valence-electron chi connectivity index (χ2n) is 4.64. The third-order valence-corrected chi connectivity index (χ3v) is 3.06. The summed E-state index contributed by atoms with van der Waals surface area (Å²) in [6, 6.07) is 8.83. The lowest BCUT2D eigenvalue weighted by Crippen LogP contribution is -2.37. The van der Waals surface area contributed by atoms with Crippen molar-refractivity contribution < 1.29 is 14.3 Å². The maximum atomic E-state index is 11.6. The molecule has 0 unspecified atom stereocenters. The number of amides is 1. The van der Waals surface area contributed by atoms with Gasteiger partial charge < -0.3 is 10.1 Å². The van der Waals surface area contributed by atoms with Gasteiger partial charge in [0.15, 0.2) is 6.61 Å². The van der Waals surface area contributed by atoms with Crippen LogP contribution in [-0.2, 0) is 9.53 Å². The molecular formula is C14H17NO3. The Bertz CT molecular complexity index is 426. The fourth-order valence-corrected chi connectivity index (χ4v) is 1.80. The van der Waals surface area contributed by atoms with Crippen LogP contribution in [0.25, 0.3) is 0 Å². The summed E-state index contributed by atoms with van der Waals surface area (Å²) in [7, 11) is 0. The molecule has 0 aromatic heterocycles. The van der Waals surface area contributed by atoms with E-state index in [1.165, 1.54) is 12.8 Å². The number of carbonyl (C=O) groups excluding carboxylic acids is 2.